The Bertz CT molecular complexity index is 593. The number of hydrogen-bond acceptors (Lipinski definition) is 5. The second-order valence-corrected chi connectivity index (χ2v) is 4.69. The van der Waals surface area contributed by atoms with E-state index in [1.54, 1.807) is 0 Å². The largest absolute Gasteiger partial charge is 0.342 e. The summed E-state index contributed by atoms with van der Waals surface area (Å²) < 4.78 is 0. The van der Waals surface area contributed by atoms with Crippen LogP contribution in [0.2, 0.25) is 0 Å². The average Bonchev–Trinajstić information content (AvgIpc) is 2.54. The summed E-state index contributed by atoms with van der Waals surface area (Å²) in [5.41, 5.74) is 0.199. The third-order valence-electron chi connectivity index (χ3n) is 3.28. The van der Waals surface area contributed by atoms with Crippen molar-refractivity contribution in [3.05, 3.63) is 34.4 Å². The van der Waals surface area contributed by atoms with E-state index in [0.717, 1.165) is 0 Å². The normalized spacial score (nSPS) is 14.4. The molecule has 9 heteroatoms. The van der Waals surface area contributed by atoms with E-state index in [9.17, 15) is 24.5 Å². The van der Waals surface area contributed by atoms with E-state index >= 15 is 0 Å². The molecule has 0 aromatic heterocycles. The third-order valence-corrected chi connectivity index (χ3v) is 3.28. The zero-order valence-corrected chi connectivity index (χ0v) is 11.6. The lowest BCUT2D eigenvalue weighted by Crippen LogP contribution is -2.51. The van der Waals surface area contributed by atoms with Crippen LogP contribution in [0, 0.1) is 10.1 Å². The van der Waals surface area contributed by atoms with Gasteiger partial charge in [-0.15, -0.1) is 0 Å². The number of benzene rings is 1. The van der Waals surface area contributed by atoms with Crippen LogP contribution >= 0.6 is 0 Å². The summed E-state index contributed by atoms with van der Waals surface area (Å²) in [7, 11) is 0. The second kappa shape index (κ2) is 6.66. The Morgan fingerprint density at radius 2 is 1.73 bits per heavy atom. The molecule has 1 aromatic carbocycles. The monoisotopic (exact) mass is 306 g/mol. The summed E-state index contributed by atoms with van der Waals surface area (Å²) >= 11 is 0. The van der Waals surface area contributed by atoms with Crippen LogP contribution in [-0.2, 0) is 14.4 Å². The number of carbonyl (C=O) groups excluding carboxylic acids is 3. The van der Waals surface area contributed by atoms with Crippen molar-refractivity contribution in [3.63, 3.8) is 0 Å². The van der Waals surface area contributed by atoms with Crippen molar-refractivity contribution in [3.8, 4) is 0 Å². The Morgan fingerprint density at radius 1 is 1.14 bits per heavy atom. The van der Waals surface area contributed by atoms with Crippen molar-refractivity contribution in [1.82, 2.24) is 9.80 Å². The molecular formula is C13H14N4O5. The maximum Gasteiger partial charge on any atom is 0.313 e. The van der Waals surface area contributed by atoms with Gasteiger partial charge >= 0.3 is 11.8 Å². The van der Waals surface area contributed by atoms with E-state index in [-0.39, 0.29) is 5.69 Å². The van der Waals surface area contributed by atoms with Crippen molar-refractivity contribution in [1.29, 1.82) is 0 Å². The van der Waals surface area contributed by atoms with E-state index in [1.807, 2.05) is 0 Å². The van der Waals surface area contributed by atoms with Gasteiger partial charge in [0.2, 0.25) is 6.41 Å². The Hall–Kier alpha value is -2.97. The van der Waals surface area contributed by atoms with Crippen LogP contribution < -0.4 is 5.32 Å². The molecule has 2 rings (SSSR count). The van der Waals surface area contributed by atoms with Gasteiger partial charge < -0.3 is 15.1 Å². The van der Waals surface area contributed by atoms with Gasteiger partial charge in [0.1, 0.15) is 0 Å². The fraction of sp³-hybridized carbons (Fsp3) is 0.308. The number of anilines is 1. The number of hydrogen-bond donors (Lipinski definition) is 1. The Labute approximate surface area is 125 Å². The first-order chi connectivity index (χ1) is 10.5. The van der Waals surface area contributed by atoms with E-state index in [1.165, 1.54) is 34.1 Å². The number of amides is 3. The van der Waals surface area contributed by atoms with Gasteiger partial charge in [0, 0.05) is 44.0 Å². The first-order valence-corrected chi connectivity index (χ1v) is 6.55. The van der Waals surface area contributed by atoms with Crippen LogP contribution in [0.1, 0.15) is 0 Å². The molecular weight excluding hydrogens is 292 g/mol. The van der Waals surface area contributed by atoms with Crippen LogP contribution in [0.5, 0.6) is 0 Å². The van der Waals surface area contributed by atoms with Gasteiger partial charge in [0.25, 0.3) is 5.69 Å². The molecule has 1 N–H and O–H groups in total. The van der Waals surface area contributed by atoms with Crippen LogP contribution in [0.15, 0.2) is 24.3 Å². The molecule has 1 aromatic rings. The van der Waals surface area contributed by atoms with E-state index in [4.69, 9.17) is 0 Å². The maximum atomic E-state index is 12.0. The summed E-state index contributed by atoms with van der Waals surface area (Å²) in [5.74, 6) is -1.50. The molecule has 22 heavy (non-hydrogen) atoms. The van der Waals surface area contributed by atoms with E-state index in [0.29, 0.717) is 38.3 Å². The average molecular weight is 306 g/mol. The highest BCUT2D eigenvalue weighted by atomic mass is 16.6. The highest BCUT2D eigenvalue weighted by molar-refractivity contribution is 6.39. The van der Waals surface area contributed by atoms with Gasteiger partial charge in [-0.05, 0) is 12.1 Å². The highest BCUT2D eigenvalue weighted by Gasteiger charge is 2.25. The molecule has 1 heterocycles. The SMILES string of the molecule is O=CN1CCN(C(=O)C(=O)Nc2ccc([N+](=O)[O-])cc2)CC1. The number of non-ortho nitro benzene ring substituents is 1. The molecule has 0 unspecified atom stereocenters. The molecule has 1 saturated heterocycles. The number of carbonyl (C=O) groups is 3. The molecule has 0 bridgehead atoms. The molecule has 1 aliphatic rings. The first kappa shape index (κ1) is 15.4. The van der Waals surface area contributed by atoms with Crippen LogP contribution in [0.4, 0.5) is 11.4 Å². The zero-order valence-electron chi connectivity index (χ0n) is 11.6. The van der Waals surface area contributed by atoms with Crippen molar-refractivity contribution >= 4 is 29.6 Å². The van der Waals surface area contributed by atoms with Crippen LogP contribution in [0.3, 0.4) is 0 Å². The quantitative estimate of drug-likeness (QED) is 0.360. The lowest BCUT2D eigenvalue weighted by Gasteiger charge is -2.31. The molecule has 3 amide bonds. The van der Waals surface area contributed by atoms with Gasteiger partial charge in [0.05, 0.1) is 4.92 Å². The Morgan fingerprint density at radius 3 is 2.23 bits per heavy atom. The van der Waals surface area contributed by atoms with Crippen molar-refractivity contribution < 1.29 is 19.3 Å². The molecule has 0 atom stereocenters. The minimum Gasteiger partial charge on any atom is -0.342 e. The van der Waals surface area contributed by atoms with Gasteiger partial charge in [-0.1, -0.05) is 0 Å². The molecule has 0 aliphatic carbocycles. The van der Waals surface area contributed by atoms with Gasteiger partial charge in [-0.3, -0.25) is 24.5 Å². The standard InChI is InChI=1S/C13H14N4O5/c18-9-15-5-7-16(8-6-15)13(20)12(19)14-10-1-3-11(4-2-10)17(21)22/h1-4,9H,5-8H2,(H,14,19). The number of nitro benzene ring substituents is 1. The Balaban J connectivity index is 1.92. The van der Waals surface area contributed by atoms with Crippen LogP contribution in [0.25, 0.3) is 0 Å². The highest BCUT2D eigenvalue weighted by Crippen LogP contribution is 2.15. The number of nitrogens with zero attached hydrogens (tertiary/aromatic N) is 3. The number of nitro groups is 1. The number of nitrogens with one attached hydrogen (secondary N) is 1. The predicted molar refractivity (Wildman–Crippen MR) is 75.9 cm³/mol. The fourth-order valence-electron chi connectivity index (χ4n) is 2.03. The summed E-state index contributed by atoms with van der Waals surface area (Å²) in [6.07, 6.45) is 0.707. The molecule has 0 spiro atoms. The molecule has 0 radical (unpaired) electrons. The minimum atomic E-state index is -0.812. The van der Waals surface area contributed by atoms with Crippen molar-refractivity contribution in [2.45, 2.75) is 0 Å². The summed E-state index contributed by atoms with van der Waals surface area (Å²) in [4.78, 5) is 47.3. The van der Waals surface area contributed by atoms with Crippen molar-refractivity contribution in [2.24, 2.45) is 0 Å². The third kappa shape index (κ3) is 3.57. The fourth-order valence-corrected chi connectivity index (χ4v) is 2.03. The molecule has 116 valence electrons. The molecule has 1 fully saturated rings. The predicted octanol–water partition coefficient (Wildman–Crippen LogP) is -0.166. The smallest absolute Gasteiger partial charge is 0.313 e. The molecule has 9 nitrogen and oxygen atoms in total. The summed E-state index contributed by atoms with van der Waals surface area (Å²) in [6.45, 7) is 1.37. The lowest BCUT2D eigenvalue weighted by molar-refractivity contribution is -0.384. The first-order valence-electron chi connectivity index (χ1n) is 6.55. The Kier molecular flexibility index (Phi) is 4.66. The summed E-state index contributed by atoms with van der Waals surface area (Å²) in [5, 5.41) is 12.9. The topological polar surface area (TPSA) is 113 Å². The lowest BCUT2D eigenvalue weighted by atomic mass is 10.2. The van der Waals surface area contributed by atoms with E-state index < -0.39 is 16.7 Å². The molecule has 0 saturated carbocycles. The minimum absolute atomic E-state index is 0.102. The molecule has 1 aliphatic heterocycles. The van der Waals surface area contributed by atoms with Gasteiger partial charge in [-0.25, -0.2) is 0 Å². The van der Waals surface area contributed by atoms with Gasteiger partial charge in [0.15, 0.2) is 0 Å². The summed E-state index contributed by atoms with van der Waals surface area (Å²) in [6, 6.07) is 5.19. The second-order valence-electron chi connectivity index (χ2n) is 4.69. The number of piperazine rings is 1. The van der Waals surface area contributed by atoms with Gasteiger partial charge in [-0.2, -0.15) is 0 Å². The number of rotatable bonds is 3. The van der Waals surface area contributed by atoms with E-state index in [2.05, 4.69) is 5.32 Å². The van der Waals surface area contributed by atoms with Crippen molar-refractivity contribution in [2.75, 3.05) is 31.5 Å². The zero-order chi connectivity index (χ0) is 16.1. The maximum absolute atomic E-state index is 12.0. The van der Waals surface area contributed by atoms with Crippen LogP contribution in [-0.4, -0.2) is 59.1 Å².